The molecule has 36 heavy (non-hydrogen) atoms. The molecule has 9 nitrogen and oxygen atoms in total. The van der Waals surface area contributed by atoms with E-state index < -0.39 is 0 Å². The molecule has 1 aliphatic heterocycles. The lowest BCUT2D eigenvalue weighted by Gasteiger charge is -2.33. The maximum atomic E-state index is 13.7. The number of H-pyrrole nitrogens is 2. The van der Waals surface area contributed by atoms with Crippen molar-refractivity contribution in [2.75, 3.05) is 53.4 Å². The first-order valence-electron chi connectivity index (χ1n) is 12.4. The van der Waals surface area contributed by atoms with Crippen LogP contribution in [0, 0.1) is 0 Å². The molecule has 0 radical (unpaired) electrons. The number of pyridine rings is 1. The third-order valence-corrected chi connectivity index (χ3v) is 6.80. The number of carbonyl (C=O) groups is 1. The largest absolute Gasteiger partial charge is 0.497 e. The van der Waals surface area contributed by atoms with Gasteiger partial charge in [0.15, 0.2) is 0 Å². The highest BCUT2D eigenvalue weighted by atomic mass is 16.5. The van der Waals surface area contributed by atoms with E-state index in [0.717, 1.165) is 67.1 Å². The number of methoxy groups -OCH3 is 1. The summed E-state index contributed by atoms with van der Waals surface area (Å²) in [6.45, 7) is 6.51. The van der Waals surface area contributed by atoms with Crippen molar-refractivity contribution in [3.63, 3.8) is 0 Å². The highest BCUT2D eigenvalue weighted by molar-refractivity contribution is 5.97. The molecule has 9 heteroatoms. The molecule has 1 aliphatic rings. The summed E-state index contributed by atoms with van der Waals surface area (Å²) in [4.78, 5) is 28.4. The third kappa shape index (κ3) is 5.58. The Morgan fingerprint density at radius 2 is 2.00 bits per heavy atom. The molecule has 4 aromatic rings. The van der Waals surface area contributed by atoms with Crippen LogP contribution in [0.4, 0.5) is 0 Å². The lowest BCUT2D eigenvalue weighted by molar-refractivity contribution is 0.0723. The number of aromatic amines is 2. The number of nitrogens with one attached hydrogen (secondary N) is 2. The molecule has 188 valence electrons. The summed E-state index contributed by atoms with van der Waals surface area (Å²) in [7, 11) is 3.83. The van der Waals surface area contributed by atoms with E-state index in [4.69, 9.17) is 9.72 Å². The standard InChI is InChI=1S/C27H33N7O2/c1-32-11-13-33(14-12-32)9-4-10-34(19-20-5-3-6-23(15-20)36-2)27(35)25-16-21-7-8-24(30-26(21)31-25)22-17-28-29-18-22/h3,5-8,15-18H,4,9-14,19H2,1-2H3,(H,28,29)(H,30,31). The second-order valence-electron chi connectivity index (χ2n) is 9.38. The molecule has 1 fully saturated rings. The predicted octanol–water partition coefficient (Wildman–Crippen LogP) is 3.24. The fourth-order valence-corrected chi connectivity index (χ4v) is 4.64. The van der Waals surface area contributed by atoms with E-state index in [1.54, 1.807) is 19.5 Å². The molecular weight excluding hydrogens is 454 g/mol. The zero-order valence-corrected chi connectivity index (χ0v) is 20.9. The van der Waals surface area contributed by atoms with Gasteiger partial charge in [-0.05, 0) is 55.9 Å². The number of rotatable bonds is 9. The topological polar surface area (TPSA) is 93.4 Å². The van der Waals surface area contributed by atoms with Crippen molar-refractivity contribution in [3.05, 3.63) is 66.1 Å². The fourth-order valence-electron chi connectivity index (χ4n) is 4.64. The van der Waals surface area contributed by atoms with Crippen molar-refractivity contribution in [2.45, 2.75) is 13.0 Å². The summed E-state index contributed by atoms with van der Waals surface area (Å²) in [5.41, 5.74) is 3.99. The molecule has 1 amide bonds. The van der Waals surface area contributed by atoms with Crippen LogP contribution in [-0.4, -0.2) is 94.2 Å². The molecule has 4 heterocycles. The average Bonchev–Trinajstić information content (AvgIpc) is 3.59. The molecule has 1 aromatic carbocycles. The molecule has 5 rings (SSSR count). The molecule has 0 unspecified atom stereocenters. The minimum Gasteiger partial charge on any atom is -0.497 e. The van der Waals surface area contributed by atoms with Gasteiger partial charge in [-0.2, -0.15) is 5.10 Å². The zero-order valence-electron chi connectivity index (χ0n) is 20.9. The first-order chi connectivity index (χ1) is 17.6. The third-order valence-electron chi connectivity index (χ3n) is 6.80. The van der Waals surface area contributed by atoms with E-state index in [2.05, 4.69) is 32.0 Å². The van der Waals surface area contributed by atoms with Gasteiger partial charge in [0.2, 0.25) is 0 Å². The fraction of sp³-hybridized carbons (Fsp3) is 0.370. The number of hydrogen-bond acceptors (Lipinski definition) is 6. The molecule has 0 aliphatic carbocycles. The second-order valence-corrected chi connectivity index (χ2v) is 9.38. The van der Waals surface area contributed by atoms with Crippen LogP contribution in [0.1, 0.15) is 22.5 Å². The van der Waals surface area contributed by atoms with E-state index in [9.17, 15) is 4.79 Å². The molecule has 3 aromatic heterocycles. The second kappa shape index (κ2) is 10.9. The number of carbonyl (C=O) groups excluding carboxylic acids is 1. The van der Waals surface area contributed by atoms with Crippen LogP contribution in [0.25, 0.3) is 22.3 Å². The number of piperazine rings is 1. The maximum Gasteiger partial charge on any atom is 0.270 e. The van der Waals surface area contributed by atoms with E-state index >= 15 is 0 Å². The Labute approximate surface area is 211 Å². The Bertz CT molecular complexity index is 1290. The van der Waals surface area contributed by atoms with Crippen molar-refractivity contribution in [3.8, 4) is 17.0 Å². The van der Waals surface area contributed by atoms with E-state index in [1.165, 1.54) is 0 Å². The van der Waals surface area contributed by atoms with Crippen LogP contribution in [0.15, 0.2) is 54.9 Å². The van der Waals surface area contributed by atoms with E-state index in [0.29, 0.717) is 24.4 Å². The highest BCUT2D eigenvalue weighted by Gasteiger charge is 2.20. The smallest absolute Gasteiger partial charge is 0.270 e. The lowest BCUT2D eigenvalue weighted by atomic mass is 10.1. The first-order valence-corrected chi connectivity index (χ1v) is 12.4. The van der Waals surface area contributed by atoms with Crippen LogP contribution < -0.4 is 4.74 Å². The molecule has 0 spiro atoms. The number of benzene rings is 1. The van der Waals surface area contributed by atoms with E-state index in [1.807, 2.05) is 47.4 Å². The van der Waals surface area contributed by atoms with Crippen LogP contribution in [0.3, 0.4) is 0 Å². The number of ether oxygens (including phenoxy) is 1. The van der Waals surface area contributed by atoms with Gasteiger partial charge in [0.05, 0.1) is 19.0 Å². The molecule has 0 bridgehead atoms. The predicted molar refractivity (Wildman–Crippen MR) is 140 cm³/mol. The van der Waals surface area contributed by atoms with Gasteiger partial charge in [0, 0.05) is 56.4 Å². The molecule has 0 saturated carbocycles. The summed E-state index contributed by atoms with van der Waals surface area (Å²) in [5.74, 6) is 0.762. The number of nitrogens with zero attached hydrogens (tertiary/aromatic N) is 5. The molecule has 0 atom stereocenters. The molecular formula is C27H33N7O2. The highest BCUT2D eigenvalue weighted by Crippen LogP contribution is 2.22. The first kappa shape index (κ1) is 24.0. The Kier molecular flexibility index (Phi) is 7.29. The Hall–Kier alpha value is -3.69. The summed E-state index contributed by atoms with van der Waals surface area (Å²) in [6.07, 6.45) is 4.46. The number of likely N-dealkylation sites (N-methyl/N-ethyl adjacent to an activating group) is 1. The van der Waals surface area contributed by atoms with Gasteiger partial charge in [-0.15, -0.1) is 0 Å². The minimum atomic E-state index is -0.0286. The van der Waals surface area contributed by atoms with Crippen molar-refractivity contribution in [1.29, 1.82) is 0 Å². The van der Waals surface area contributed by atoms with Crippen molar-refractivity contribution in [2.24, 2.45) is 0 Å². The van der Waals surface area contributed by atoms with Gasteiger partial charge >= 0.3 is 0 Å². The monoisotopic (exact) mass is 487 g/mol. The number of fused-ring (bicyclic) bond motifs is 1. The Morgan fingerprint density at radius 3 is 2.78 bits per heavy atom. The quantitative estimate of drug-likeness (QED) is 0.377. The van der Waals surface area contributed by atoms with Gasteiger partial charge in [-0.25, -0.2) is 4.98 Å². The average molecular weight is 488 g/mol. The SMILES string of the molecule is COc1cccc(CN(CCCN2CCN(C)CC2)C(=O)c2cc3ccc(-c4cn[nH]c4)nc3[nH]2)c1. The van der Waals surface area contributed by atoms with Crippen LogP contribution in [0.5, 0.6) is 5.75 Å². The summed E-state index contributed by atoms with van der Waals surface area (Å²) < 4.78 is 5.40. The van der Waals surface area contributed by atoms with Gasteiger partial charge in [0.25, 0.3) is 5.91 Å². The van der Waals surface area contributed by atoms with Crippen LogP contribution in [0.2, 0.25) is 0 Å². The van der Waals surface area contributed by atoms with Gasteiger partial charge in [-0.3, -0.25) is 9.89 Å². The Morgan fingerprint density at radius 1 is 1.14 bits per heavy atom. The van der Waals surface area contributed by atoms with Crippen molar-refractivity contribution < 1.29 is 9.53 Å². The van der Waals surface area contributed by atoms with Crippen LogP contribution in [-0.2, 0) is 6.54 Å². The summed E-state index contributed by atoms with van der Waals surface area (Å²) in [6, 6.07) is 13.7. The van der Waals surface area contributed by atoms with E-state index in [-0.39, 0.29) is 5.91 Å². The summed E-state index contributed by atoms with van der Waals surface area (Å²) >= 11 is 0. The van der Waals surface area contributed by atoms with Crippen molar-refractivity contribution >= 4 is 16.9 Å². The van der Waals surface area contributed by atoms with Crippen molar-refractivity contribution in [1.82, 2.24) is 34.9 Å². The number of aromatic nitrogens is 4. The molecule has 1 saturated heterocycles. The molecule has 2 N–H and O–H groups in total. The maximum absolute atomic E-state index is 13.7. The number of amides is 1. The normalized spacial score (nSPS) is 14.8. The minimum absolute atomic E-state index is 0.0286. The zero-order chi connectivity index (χ0) is 24.9. The Balaban J connectivity index is 1.34. The number of hydrogen-bond donors (Lipinski definition) is 2. The van der Waals surface area contributed by atoms with Gasteiger partial charge < -0.3 is 24.4 Å². The lowest BCUT2D eigenvalue weighted by Crippen LogP contribution is -2.45. The van der Waals surface area contributed by atoms with Gasteiger partial charge in [0.1, 0.15) is 17.1 Å². The van der Waals surface area contributed by atoms with Gasteiger partial charge in [-0.1, -0.05) is 12.1 Å². The van der Waals surface area contributed by atoms with Crippen LogP contribution >= 0.6 is 0 Å². The summed E-state index contributed by atoms with van der Waals surface area (Å²) in [5, 5.41) is 7.73.